The zero-order chi connectivity index (χ0) is 13.7. The first kappa shape index (κ1) is 14.0. The van der Waals surface area contributed by atoms with Gasteiger partial charge in [0, 0.05) is 17.1 Å². The molecule has 0 fully saturated rings. The quantitative estimate of drug-likeness (QED) is 0.827. The molecule has 0 saturated heterocycles. The number of aliphatic hydroxyl groups excluding tert-OH is 1. The highest BCUT2D eigenvalue weighted by atomic mass is 16.3. The van der Waals surface area contributed by atoms with Gasteiger partial charge in [0.15, 0.2) is 0 Å². The lowest BCUT2D eigenvalue weighted by molar-refractivity contribution is 0.0976. The Hall–Kier alpha value is -1.41. The SMILES string of the molecule is CCCC(CCC)C(O)c1cccc2cccnc12. The third kappa shape index (κ3) is 3.13. The molecule has 1 N–H and O–H groups in total. The van der Waals surface area contributed by atoms with Crippen molar-refractivity contribution in [3.63, 3.8) is 0 Å². The number of pyridine rings is 1. The van der Waals surface area contributed by atoms with Gasteiger partial charge in [-0.2, -0.15) is 0 Å². The van der Waals surface area contributed by atoms with Gasteiger partial charge in [-0.05, 0) is 24.8 Å². The number of hydrogen-bond donors (Lipinski definition) is 1. The molecule has 1 unspecified atom stereocenters. The first-order valence-electron chi connectivity index (χ1n) is 7.29. The maximum Gasteiger partial charge on any atom is 0.0839 e. The van der Waals surface area contributed by atoms with Crippen molar-refractivity contribution in [1.82, 2.24) is 4.98 Å². The van der Waals surface area contributed by atoms with E-state index >= 15 is 0 Å². The Labute approximate surface area is 115 Å². The topological polar surface area (TPSA) is 33.1 Å². The van der Waals surface area contributed by atoms with Gasteiger partial charge in [0.1, 0.15) is 0 Å². The van der Waals surface area contributed by atoms with Crippen LogP contribution in [0, 0.1) is 5.92 Å². The molecule has 19 heavy (non-hydrogen) atoms. The number of aliphatic hydroxyl groups is 1. The van der Waals surface area contributed by atoms with Crippen LogP contribution in [0.3, 0.4) is 0 Å². The summed E-state index contributed by atoms with van der Waals surface area (Å²) in [6.45, 7) is 4.35. The molecule has 2 heteroatoms. The van der Waals surface area contributed by atoms with Crippen molar-refractivity contribution in [2.45, 2.75) is 45.6 Å². The van der Waals surface area contributed by atoms with Gasteiger partial charge >= 0.3 is 0 Å². The molecule has 0 spiro atoms. The number of fused-ring (bicyclic) bond motifs is 1. The van der Waals surface area contributed by atoms with Crippen molar-refractivity contribution in [3.8, 4) is 0 Å². The van der Waals surface area contributed by atoms with Gasteiger partial charge < -0.3 is 5.11 Å². The second-order valence-electron chi connectivity index (χ2n) is 5.20. The van der Waals surface area contributed by atoms with Crippen molar-refractivity contribution < 1.29 is 5.11 Å². The predicted molar refractivity (Wildman–Crippen MR) is 80.0 cm³/mol. The molecule has 102 valence electrons. The van der Waals surface area contributed by atoms with E-state index in [9.17, 15) is 5.11 Å². The fourth-order valence-electron chi connectivity index (χ4n) is 2.82. The molecular formula is C17H23NO. The summed E-state index contributed by atoms with van der Waals surface area (Å²) in [7, 11) is 0. The molecule has 1 aromatic heterocycles. The average molecular weight is 257 g/mol. The van der Waals surface area contributed by atoms with Gasteiger partial charge in [-0.3, -0.25) is 4.98 Å². The van der Waals surface area contributed by atoms with Crippen molar-refractivity contribution in [3.05, 3.63) is 42.1 Å². The molecule has 1 heterocycles. The van der Waals surface area contributed by atoms with Gasteiger partial charge in [0.05, 0.1) is 11.6 Å². The van der Waals surface area contributed by atoms with Crippen molar-refractivity contribution in [1.29, 1.82) is 0 Å². The van der Waals surface area contributed by atoms with Crippen LogP contribution >= 0.6 is 0 Å². The summed E-state index contributed by atoms with van der Waals surface area (Å²) >= 11 is 0. The molecule has 2 rings (SSSR count). The Balaban J connectivity index is 2.36. The summed E-state index contributed by atoms with van der Waals surface area (Å²) in [4.78, 5) is 4.44. The van der Waals surface area contributed by atoms with Crippen molar-refractivity contribution in [2.75, 3.05) is 0 Å². The fraction of sp³-hybridized carbons (Fsp3) is 0.471. The van der Waals surface area contributed by atoms with Crippen LogP contribution in [0.15, 0.2) is 36.5 Å². The lowest BCUT2D eigenvalue weighted by Crippen LogP contribution is -2.13. The van der Waals surface area contributed by atoms with Crippen molar-refractivity contribution in [2.24, 2.45) is 5.92 Å². The molecule has 2 nitrogen and oxygen atoms in total. The highest BCUT2D eigenvalue weighted by Gasteiger charge is 2.21. The third-order valence-electron chi connectivity index (χ3n) is 3.75. The number of nitrogens with zero attached hydrogens (tertiary/aromatic N) is 1. The van der Waals surface area contributed by atoms with Gasteiger partial charge in [0.25, 0.3) is 0 Å². The van der Waals surface area contributed by atoms with Crippen LogP contribution < -0.4 is 0 Å². The normalized spacial score (nSPS) is 13.1. The molecular weight excluding hydrogens is 234 g/mol. The molecule has 0 aliphatic carbocycles. The molecule has 0 amide bonds. The lowest BCUT2D eigenvalue weighted by atomic mass is 9.87. The second kappa shape index (κ2) is 6.67. The maximum absolute atomic E-state index is 10.7. The van der Waals surface area contributed by atoms with Gasteiger partial charge in [-0.25, -0.2) is 0 Å². The van der Waals surface area contributed by atoms with E-state index in [0.29, 0.717) is 5.92 Å². The molecule has 1 atom stereocenters. The largest absolute Gasteiger partial charge is 0.388 e. The molecule has 0 bridgehead atoms. The predicted octanol–water partition coefficient (Wildman–Crippen LogP) is 4.48. The van der Waals surface area contributed by atoms with E-state index in [0.717, 1.165) is 42.1 Å². The summed E-state index contributed by atoms with van der Waals surface area (Å²) in [6.07, 6.45) is 5.75. The zero-order valence-electron chi connectivity index (χ0n) is 11.8. The first-order chi connectivity index (χ1) is 9.27. The monoisotopic (exact) mass is 257 g/mol. The summed E-state index contributed by atoms with van der Waals surface area (Å²) in [5.41, 5.74) is 1.92. The third-order valence-corrected chi connectivity index (χ3v) is 3.75. The Morgan fingerprint density at radius 3 is 2.42 bits per heavy atom. The number of hydrogen-bond acceptors (Lipinski definition) is 2. The summed E-state index contributed by atoms with van der Waals surface area (Å²) in [6, 6.07) is 10.1. The summed E-state index contributed by atoms with van der Waals surface area (Å²) < 4.78 is 0. The van der Waals surface area contributed by atoms with E-state index in [-0.39, 0.29) is 0 Å². The Bertz CT molecular complexity index is 512. The molecule has 0 aliphatic rings. The van der Waals surface area contributed by atoms with Crippen LogP contribution in [-0.2, 0) is 0 Å². The van der Waals surface area contributed by atoms with Crippen LogP contribution in [0.25, 0.3) is 10.9 Å². The van der Waals surface area contributed by atoms with Crippen LogP contribution in [-0.4, -0.2) is 10.1 Å². The van der Waals surface area contributed by atoms with E-state index in [4.69, 9.17) is 0 Å². The average Bonchev–Trinajstić information content (AvgIpc) is 2.46. The minimum atomic E-state index is -0.404. The van der Waals surface area contributed by atoms with E-state index in [1.807, 2.05) is 30.3 Å². The first-order valence-corrected chi connectivity index (χ1v) is 7.29. The molecule has 2 aromatic rings. The van der Waals surface area contributed by atoms with E-state index in [1.54, 1.807) is 6.20 Å². The second-order valence-corrected chi connectivity index (χ2v) is 5.20. The summed E-state index contributed by atoms with van der Waals surface area (Å²) in [5, 5.41) is 11.8. The minimum absolute atomic E-state index is 0.336. The molecule has 0 aliphatic heterocycles. The number of benzene rings is 1. The van der Waals surface area contributed by atoms with Crippen LogP contribution in [0.1, 0.15) is 51.2 Å². The van der Waals surface area contributed by atoms with Crippen LogP contribution in [0.4, 0.5) is 0 Å². The standard InChI is InChI=1S/C17H23NO/c1-3-7-14(8-4-2)17(19)15-11-5-9-13-10-6-12-18-16(13)15/h5-6,9-12,14,17,19H,3-4,7-8H2,1-2H3. The van der Waals surface area contributed by atoms with E-state index in [2.05, 4.69) is 18.8 Å². The highest BCUT2D eigenvalue weighted by molar-refractivity contribution is 5.81. The Morgan fingerprint density at radius 1 is 1.05 bits per heavy atom. The number of para-hydroxylation sites is 1. The van der Waals surface area contributed by atoms with Gasteiger partial charge in [0.2, 0.25) is 0 Å². The Kier molecular flexibility index (Phi) is 4.92. The van der Waals surface area contributed by atoms with Crippen LogP contribution in [0.5, 0.6) is 0 Å². The minimum Gasteiger partial charge on any atom is -0.388 e. The van der Waals surface area contributed by atoms with E-state index in [1.165, 1.54) is 0 Å². The summed E-state index contributed by atoms with van der Waals surface area (Å²) in [5.74, 6) is 0.336. The Morgan fingerprint density at radius 2 is 1.74 bits per heavy atom. The lowest BCUT2D eigenvalue weighted by Gasteiger charge is -2.23. The van der Waals surface area contributed by atoms with Gasteiger partial charge in [-0.15, -0.1) is 0 Å². The highest BCUT2D eigenvalue weighted by Crippen LogP contribution is 2.32. The zero-order valence-corrected chi connectivity index (χ0v) is 11.8. The van der Waals surface area contributed by atoms with Gasteiger partial charge in [-0.1, -0.05) is 51.0 Å². The fourth-order valence-corrected chi connectivity index (χ4v) is 2.82. The number of aromatic nitrogens is 1. The van der Waals surface area contributed by atoms with Crippen LogP contribution in [0.2, 0.25) is 0 Å². The van der Waals surface area contributed by atoms with E-state index < -0.39 is 6.10 Å². The molecule has 1 aromatic carbocycles. The smallest absolute Gasteiger partial charge is 0.0839 e. The molecule has 0 radical (unpaired) electrons. The number of rotatable bonds is 6. The molecule has 0 saturated carbocycles. The maximum atomic E-state index is 10.7. The van der Waals surface area contributed by atoms with Crippen molar-refractivity contribution >= 4 is 10.9 Å².